The van der Waals surface area contributed by atoms with Gasteiger partial charge < -0.3 is 9.67 Å². The number of hydrogen-bond acceptors (Lipinski definition) is 3. The summed E-state index contributed by atoms with van der Waals surface area (Å²) in [7, 11) is 0. The van der Waals surface area contributed by atoms with Gasteiger partial charge in [-0.05, 0) is 24.1 Å². The molecule has 0 spiro atoms. The van der Waals surface area contributed by atoms with E-state index in [1.807, 2.05) is 4.57 Å². The first-order valence-corrected chi connectivity index (χ1v) is 6.47. The van der Waals surface area contributed by atoms with Crippen LogP contribution in [0.3, 0.4) is 0 Å². The van der Waals surface area contributed by atoms with Crippen molar-refractivity contribution in [3.05, 3.63) is 53.1 Å². The van der Waals surface area contributed by atoms with E-state index >= 15 is 0 Å². The Labute approximate surface area is 116 Å². The van der Waals surface area contributed by atoms with Crippen molar-refractivity contribution >= 4 is 12.3 Å². The zero-order valence-electron chi connectivity index (χ0n) is 11.2. The summed E-state index contributed by atoms with van der Waals surface area (Å²) >= 11 is 0. The molecule has 0 amide bonds. The van der Waals surface area contributed by atoms with Crippen molar-refractivity contribution in [2.24, 2.45) is 0 Å². The molecule has 0 saturated carbocycles. The molecule has 0 atom stereocenters. The summed E-state index contributed by atoms with van der Waals surface area (Å²) in [6.45, 7) is 2.57. The van der Waals surface area contributed by atoms with E-state index in [-0.39, 0.29) is 5.56 Å². The van der Waals surface area contributed by atoms with Crippen LogP contribution in [-0.4, -0.2) is 26.9 Å². The number of aryl methyl sites for hydroxylation is 1. The Morgan fingerprint density at radius 3 is 2.60 bits per heavy atom. The Kier molecular flexibility index (Phi) is 4.30. The van der Waals surface area contributed by atoms with Crippen LogP contribution in [-0.2, 0) is 13.0 Å². The van der Waals surface area contributed by atoms with Crippen LogP contribution >= 0.6 is 0 Å². The van der Waals surface area contributed by atoms with Crippen molar-refractivity contribution in [2.75, 3.05) is 0 Å². The number of benzene rings is 1. The molecule has 2 rings (SSSR count). The monoisotopic (exact) mass is 272 g/mol. The second kappa shape index (κ2) is 6.14. The molecule has 2 aromatic rings. The van der Waals surface area contributed by atoms with Gasteiger partial charge in [-0.3, -0.25) is 4.79 Å². The van der Waals surface area contributed by atoms with Gasteiger partial charge in [-0.15, -0.1) is 0 Å². The number of imidazole rings is 1. The fourth-order valence-corrected chi connectivity index (χ4v) is 2.06. The van der Waals surface area contributed by atoms with Gasteiger partial charge in [0, 0.05) is 13.0 Å². The zero-order chi connectivity index (χ0) is 14.5. The van der Waals surface area contributed by atoms with Crippen LogP contribution in [0.15, 0.2) is 30.5 Å². The lowest BCUT2D eigenvalue weighted by molar-refractivity contribution is 0.0696. The number of carboxylic acid groups (broad SMARTS) is 1. The van der Waals surface area contributed by atoms with Gasteiger partial charge in [-0.1, -0.05) is 19.1 Å². The fraction of sp³-hybridized carbons (Fsp3) is 0.267. The molecule has 0 bridgehead atoms. The number of hydrogen-bond donors (Lipinski definition) is 1. The number of carboxylic acids is 1. The third-order valence-electron chi connectivity index (χ3n) is 3.11. The highest BCUT2D eigenvalue weighted by Gasteiger charge is 2.10. The Hall–Kier alpha value is -2.43. The minimum absolute atomic E-state index is 0.253. The van der Waals surface area contributed by atoms with Crippen LogP contribution in [0.1, 0.15) is 45.6 Å². The van der Waals surface area contributed by atoms with Gasteiger partial charge in [0.15, 0.2) is 6.29 Å². The Morgan fingerprint density at radius 1 is 1.35 bits per heavy atom. The quantitative estimate of drug-likeness (QED) is 0.819. The van der Waals surface area contributed by atoms with Gasteiger partial charge in [-0.25, -0.2) is 9.78 Å². The molecule has 0 unspecified atom stereocenters. The SMILES string of the molecule is CCCc1ncc(C=O)n1Cc1ccc(C(=O)O)cc1. The zero-order valence-corrected chi connectivity index (χ0v) is 11.2. The van der Waals surface area contributed by atoms with Gasteiger partial charge >= 0.3 is 5.97 Å². The fourth-order valence-electron chi connectivity index (χ4n) is 2.06. The summed E-state index contributed by atoms with van der Waals surface area (Å²) in [6, 6.07) is 6.64. The minimum Gasteiger partial charge on any atom is -0.478 e. The van der Waals surface area contributed by atoms with Crippen LogP contribution in [0.2, 0.25) is 0 Å². The summed E-state index contributed by atoms with van der Waals surface area (Å²) < 4.78 is 1.87. The lowest BCUT2D eigenvalue weighted by Gasteiger charge is -2.09. The van der Waals surface area contributed by atoms with Crippen LogP contribution < -0.4 is 0 Å². The highest BCUT2D eigenvalue weighted by Crippen LogP contribution is 2.12. The van der Waals surface area contributed by atoms with E-state index in [0.717, 1.165) is 30.5 Å². The first kappa shape index (κ1) is 14.0. The molecule has 20 heavy (non-hydrogen) atoms. The number of nitrogens with zero attached hydrogens (tertiary/aromatic N) is 2. The number of aromatic nitrogens is 2. The second-order valence-corrected chi connectivity index (χ2v) is 4.56. The van der Waals surface area contributed by atoms with Crippen LogP contribution in [0.5, 0.6) is 0 Å². The lowest BCUT2D eigenvalue weighted by atomic mass is 10.1. The maximum atomic E-state index is 11.0. The van der Waals surface area contributed by atoms with Crippen molar-refractivity contribution in [2.45, 2.75) is 26.3 Å². The van der Waals surface area contributed by atoms with Crippen molar-refractivity contribution in [1.82, 2.24) is 9.55 Å². The topological polar surface area (TPSA) is 72.2 Å². The first-order chi connectivity index (χ1) is 9.65. The molecule has 0 saturated heterocycles. The molecular formula is C15H16N2O3. The first-order valence-electron chi connectivity index (χ1n) is 6.47. The van der Waals surface area contributed by atoms with E-state index in [2.05, 4.69) is 11.9 Å². The molecule has 0 aliphatic heterocycles. The smallest absolute Gasteiger partial charge is 0.335 e. The van der Waals surface area contributed by atoms with Gasteiger partial charge in [0.2, 0.25) is 0 Å². The summed E-state index contributed by atoms with van der Waals surface area (Å²) in [6.07, 6.45) is 4.12. The molecule has 0 fully saturated rings. The molecular weight excluding hydrogens is 256 g/mol. The number of carbonyl (C=O) groups is 2. The predicted molar refractivity (Wildman–Crippen MR) is 74.1 cm³/mol. The summed E-state index contributed by atoms with van der Waals surface area (Å²) in [4.78, 5) is 26.1. The number of aldehydes is 1. The van der Waals surface area contributed by atoms with E-state index in [4.69, 9.17) is 5.11 Å². The lowest BCUT2D eigenvalue weighted by Crippen LogP contribution is -2.08. The number of carbonyl (C=O) groups excluding carboxylic acids is 1. The molecule has 5 nitrogen and oxygen atoms in total. The molecule has 1 N–H and O–H groups in total. The average Bonchev–Trinajstić information content (AvgIpc) is 2.82. The second-order valence-electron chi connectivity index (χ2n) is 4.56. The molecule has 5 heteroatoms. The number of rotatable bonds is 6. The maximum absolute atomic E-state index is 11.0. The molecule has 1 aromatic carbocycles. The van der Waals surface area contributed by atoms with Gasteiger partial charge in [0.05, 0.1) is 11.8 Å². The van der Waals surface area contributed by atoms with E-state index in [9.17, 15) is 9.59 Å². The molecule has 0 radical (unpaired) electrons. The van der Waals surface area contributed by atoms with E-state index < -0.39 is 5.97 Å². The normalized spacial score (nSPS) is 10.4. The van der Waals surface area contributed by atoms with Gasteiger partial charge in [-0.2, -0.15) is 0 Å². The van der Waals surface area contributed by atoms with Crippen LogP contribution in [0.25, 0.3) is 0 Å². The van der Waals surface area contributed by atoms with E-state index in [0.29, 0.717) is 12.2 Å². The van der Waals surface area contributed by atoms with Crippen LogP contribution in [0, 0.1) is 0 Å². The third-order valence-corrected chi connectivity index (χ3v) is 3.11. The van der Waals surface area contributed by atoms with Crippen molar-refractivity contribution in [3.63, 3.8) is 0 Å². The maximum Gasteiger partial charge on any atom is 0.335 e. The highest BCUT2D eigenvalue weighted by atomic mass is 16.4. The largest absolute Gasteiger partial charge is 0.478 e. The molecule has 1 aromatic heterocycles. The van der Waals surface area contributed by atoms with E-state index in [1.165, 1.54) is 0 Å². The summed E-state index contributed by atoms with van der Waals surface area (Å²) in [5, 5.41) is 8.87. The Morgan fingerprint density at radius 2 is 2.05 bits per heavy atom. The van der Waals surface area contributed by atoms with Gasteiger partial charge in [0.1, 0.15) is 11.5 Å². The van der Waals surface area contributed by atoms with Crippen molar-refractivity contribution < 1.29 is 14.7 Å². The molecule has 1 heterocycles. The van der Waals surface area contributed by atoms with Gasteiger partial charge in [0.25, 0.3) is 0 Å². The number of aromatic carboxylic acids is 1. The average molecular weight is 272 g/mol. The minimum atomic E-state index is -0.945. The summed E-state index contributed by atoms with van der Waals surface area (Å²) in [5.41, 5.74) is 1.73. The van der Waals surface area contributed by atoms with Crippen molar-refractivity contribution in [1.29, 1.82) is 0 Å². The highest BCUT2D eigenvalue weighted by molar-refractivity contribution is 5.87. The predicted octanol–water partition coefficient (Wildman–Crippen LogP) is 2.39. The standard InChI is InChI=1S/C15H16N2O3/c1-2-3-14-16-8-13(10-18)17(14)9-11-4-6-12(7-5-11)15(19)20/h4-8,10H,2-3,9H2,1H3,(H,19,20). The van der Waals surface area contributed by atoms with Crippen molar-refractivity contribution in [3.8, 4) is 0 Å². The molecule has 0 aliphatic carbocycles. The summed E-state index contributed by atoms with van der Waals surface area (Å²) in [5.74, 6) is -0.0728. The third kappa shape index (κ3) is 2.93. The Bertz CT molecular complexity index is 615. The molecule has 104 valence electrons. The van der Waals surface area contributed by atoms with Crippen LogP contribution in [0.4, 0.5) is 0 Å². The van der Waals surface area contributed by atoms with E-state index in [1.54, 1.807) is 30.5 Å². The molecule has 0 aliphatic rings. The Balaban J connectivity index is 2.26.